The van der Waals surface area contributed by atoms with Crippen molar-refractivity contribution in [2.45, 2.75) is 0 Å². The summed E-state index contributed by atoms with van der Waals surface area (Å²) in [5.41, 5.74) is 3.06. The summed E-state index contributed by atoms with van der Waals surface area (Å²) in [6, 6.07) is 14.6. The first kappa shape index (κ1) is 18.5. The number of aliphatic imine (C=N–C) groups is 1. The first-order valence-electron chi connectivity index (χ1n) is 9.12. The molecule has 0 spiro atoms. The highest BCUT2D eigenvalue weighted by Gasteiger charge is 2.17. The second-order valence-corrected chi connectivity index (χ2v) is 7.44. The summed E-state index contributed by atoms with van der Waals surface area (Å²) >= 11 is 3.56. The van der Waals surface area contributed by atoms with Gasteiger partial charge in [-0.3, -0.25) is 4.40 Å². The Hall–Kier alpha value is -3.52. The predicted molar refractivity (Wildman–Crippen MR) is 116 cm³/mol. The molecular formula is C22H16BrN3O4. The molecule has 4 aromatic rings. The molecule has 0 saturated heterocycles. The van der Waals surface area contributed by atoms with Gasteiger partial charge in [-0.25, -0.2) is 9.98 Å². The van der Waals surface area contributed by atoms with Crippen LogP contribution < -0.4 is 14.2 Å². The zero-order valence-corrected chi connectivity index (χ0v) is 17.5. The van der Waals surface area contributed by atoms with E-state index in [2.05, 4.69) is 15.9 Å². The fourth-order valence-electron chi connectivity index (χ4n) is 3.29. The Morgan fingerprint density at radius 1 is 1.17 bits per heavy atom. The van der Waals surface area contributed by atoms with Crippen molar-refractivity contribution in [2.24, 2.45) is 4.99 Å². The van der Waals surface area contributed by atoms with E-state index in [0.29, 0.717) is 28.8 Å². The van der Waals surface area contributed by atoms with Crippen molar-refractivity contribution in [1.82, 2.24) is 9.38 Å². The van der Waals surface area contributed by atoms with Gasteiger partial charge in [-0.1, -0.05) is 6.07 Å². The standard InChI is InChI=1S/C22H16BrN3O4/c1-28-17-8-13(5-6-16(17)27)21-22(26-7-3-2-4-20(26)25-21)24-11-14-9-18-19(10-15(14)23)30-12-29-18/h2-11,27H,12H2,1H3. The van der Waals surface area contributed by atoms with Crippen molar-refractivity contribution in [2.75, 3.05) is 13.9 Å². The number of aromatic nitrogens is 2. The van der Waals surface area contributed by atoms with Crippen LogP contribution >= 0.6 is 15.9 Å². The molecule has 0 aliphatic carbocycles. The number of aromatic hydroxyl groups is 1. The molecule has 0 radical (unpaired) electrons. The molecule has 5 rings (SSSR count). The number of benzene rings is 2. The molecular weight excluding hydrogens is 450 g/mol. The number of ether oxygens (including phenoxy) is 3. The summed E-state index contributed by atoms with van der Waals surface area (Å²) in [5.74, 6) is 2.48. The second kappa shape index (κ2) is 7.38. The molecule has 1 aliphatic heterocycles. The van der Waals surface area contributed by atoms with Gasteiger partial charge in [0.1, 0.15) is 11.3 Å². The number of rotatable bonds is 4. The predicted octanol–water partition coefficient (Wildman–Crippen LogP) is 4.96. The number of nitrogens with zero attached hydrogens (tertiary/aromatic N) is 3. The molecule has 150 valence electrons. The lowest BCUT2D eigenvalue weighted by molar-refractivity contribution is 0.174. The van der Waals surface area contributed by atoms with E-state index in [4.69, 9.17) is 24.2 Å². The van der Waals surface area contributed by atoms with E-state index in [0.717, 1.165) is 21.2 Å². The van der Waals surface area contributed by atoms with E-state index in [1.807, 2.05) is 40.9 Å². The van der Waals surface area contributed by atoms with E-state index in [9.17, 15) is 5.11 Å². The third-order valence-electron chi connectivity index (χ3n) is 4.78. The van der Waals surface area contributed by atoms with Crippen LogP contribution in [0.1, 0.15) is 5.56 Å². The molecule has 1 N–H and O–H groups in total. The number of halogens is 1. The number of fused-ring (bicyclic) bond motifs is 2. The third-order valence-corrected chi connectivity index (χ3v) is 5.46. The van der Waals surface area contributed by atoms with Gasteiger partial charge in [-0.05, 0) is 58.4 Å². The Morgan fingerprint density at radius 3 is 2.83 bits per heavy atom. The third kappa shape index (κ3) is 3.15. The number of hydrogen-bond donors (Lipinski definition) is 1. The maximum atomic E-state index is 9.94. The Balaban J connectivity index is 1.64. The average molecular weight is 466 g/mol. The van der Waals surface area contributed by atoms with E-state index in [1.165, 1.54) is 7.11 Å². The zero-order chi connectivity index (χ0) is 20.7. The topological polar surface area (TPSA) is 77.6 Å². The number of methoxy groups -OCH3 is 1. The molecule has 3 heterocycles. The molecule has 0 saturated carbocycles. The van der Waals surface area contributed by atoms with E-state index in [-0.39, 0.29) is 12.5 Å². The Kier molecular flexibility index (Phi) is 4.55. The fourth-order valence-corrected chi connectivity index (χ4v) is 3.71. The molecule has 7 nitrogen and oxygen atoms in total. The maximum absolute atomic E-state index is 9.94. The molecule has 2 aromatic heterocycles. The summed E-state index contributed by atoms with van der Waals surface area (Å²) in [4.78, 5) is 9.49. The van der Waals surface area contributed by atoms with Gasteiger partial charge < -0.3 is 19.3 Å². The normalized spacial score (nSPS) is 12.7. The van der Waals surface area contributed by atoms with Gasteiger partial charge in [0.2, 0.25) is 6.79 Å². The summed E-state index contributed by atoms with van der Waals surface area (Å²) in [7, 11) is 1.51. The molecule has 0 unspecified atom stereocenters. The summed E-state index contributed by atoms with van der Waals surface area (Å²) < 4.78 is 18.9. The maximum Gasteiger partial charge on any atom is 0.231 e. The van der Waals surface area contributed by atoms with E-state index in [1.54, 1.807) is 24.4 Å². The van der Waals surface area contributed by atoms with E-state index >= 15 is 0 Å². The number of hydrogen-bond acceptors (Lipinski definition) is 6. The number of imidazole rings is 1. The minimum Gasteiger partial charge on any atom is -0.504 e. The highest BCUT2D eigenvalue weighted by atomic mass is 79.9. The van der Waals surface area contributed by atoms with Crippen LogP contribution in [0.2, 0.25) is 0 Å². The van der Waals surface area contributed by atoms with Crippen LogP contribution in [-0.2, 0) is 0 Å². The largest absolute Gasteiger partial charge is 0.504 e. The lowest BCUT2D eigenvalue weighted by atomic mass is 10.1. The van der Waals surface area contributed by atoms with Crippen LogP contribution in [0, 0.1) is 0 Å². The van der Waals surface area contributed by atoms with Crippen molar-refractivity contribution >= 4 is 33.6 Å². The molecule has 1 aliphatic rings. The molecule has 8 heteroatoms. The van der Waals surface area contributed by atoms with Crippen molar-refractivity contribution in [1.29, 1.82) is 0 Å². The molecule has 30 heavy (non-hydrogen) atoms. The van der Waals surface area contributed by atoms with Gasteiger partial charge in [0.25, 0.3) is 0 Å². The minimum absolute atomic E-state index is 0.0688. The molecule has 2 aromatic carbocycles. The minimum atomic E-state index is 0.0688. The zero-order valence-electron chi connectivity index (χ0n) is 15.9. The van der Waals surface area contributed by atoms with Gasteiger partial charge in [0.05, 0.1) is 7.11 Å². The lowest BCUT2D eigenvalue weighted by Gasteiger charge is -2.06. The number of phenols is 1. The van der Waals surface area contributed by atoms with Gasteiger partial charge in [0.15, 0.2) is 28.8 Å². The lowest BCUT2D eigenvalue weighted by Crippen LogP contribution is -1.92. The first-order chi connectivity index (χ1) is 14.6. The van der Waals surface area contributed by atoms with Crippen LogP contribution in [0.5, 0.6) is 23.0 Å². The van der Waals surface area contributed by atoms with Gasteiger partial charge >= 0.3 is 0 Å². The summed E-state index contributed by atoms with van der Waals surface area (Å²) in [5, 5.41) is 9.94. The second-order valence-electron chi connectivity index (χ2n) is 6.58. The van der Waals surface area contributed by atoms with Gasteiger partial charge in [-0.2, -0.15) is 0 Å². The first-order valence-corrected chi connectivity index (χ1v) is 9.91. The van der Waals surface area contributed by atoms with Crippen LogP contribution in [0.3, 0.4) is 0 Å². The molecule has 0 atom stereocenters. The van der Waals surface area contributed by atoms with Crippen LogP contribution in [0.4, 0.5) is 5.82 Å². The number of phenolic OH excluding ortho intramolecular Hbond substituents is 1. The van der Waals surface area contributed by atoms with Gasteiger partial charge in [-0.15, -0.1) is 0 Å². The fraction of sp³-hybridized carbons (Fsp3) is 0.0909. The summed E-state index contributed by atoms with van der Waals surface area (Å²) in [6.45, 7) is 0.211. The Labute approximate surface area is 180 Å². The van der Waals surface area contributed by atoms with Crippen molar-refractivity contribution in [3.63, 3.8) is 0 Å². The quantitative estimate of drug-likeness (QED) is 0.431. The van der Waals surface area contributed by atoms with E-state index < -0.39 is 0 Å². The molecule has 0 bridgehead atoms. The highest BCUT2D eigenvalue weighted by molar-refractivity contribution is 9.10. The van der Waals surface area contributed by atoms with Crippen molar-refractivity contribution < 1.29 is 19.3 Å². The van der Waals surface area contributed by atoms with Crippen molar-refractivity contribution in [3.05, 3.63) is 64.8 Å². The highest BCUT2D eigenvalue weighted by Crippen LogP contribution is 2.38. The Morgan fingerprint density at radius 2 is 2.00 bits per heavy atom. The van der Waals surface area contributed by atoms with Gasteiger partial charge in [0, 0.05) is 28.0 Å². The smallest absolute Gasteiger partial charge is 0.231 e. The molecule has 0 fully saturated rings. The SMILES string of the molecule is COc1cc(-c2nc3ccccn3c2N=Cc2cc3c(cc2Br)OCO3)ccc1O. The average Bonchev–Trinajstić information content (AvgIpc) is 3.36. The van der Waals surface area contributed by atoms with Crippen LogP contribution in [-0.4, -0.2) is 34.6 Å². The summed E-state index contributed by atoms with van der Waals surface area (Å²) in [6.07, 6.45) is 3.66. The van der Waals surface area contributed by atoms with Crippen molar-refractivity contribution in [3.8, 4) is 34.3 Å². The number of pyridine rings is 1. The molecule has 0 amide bonds. The monoisotopic (exact) mass is 465 g/mol. The Bertz CT molecular complexity index is 1300. The van der Waals surface area contributed by atoms with Crippen LogP contribution in [0.15, 0.2) is 64.2 Å². The van der Waals surface area contributed by atoms with Crippen LogP contribution in [0.25, 0.3) is 16.9 Å².